The van der Waals surface area contributed by atoms with Gasteiger partial charge in [-0.3, -0.25) is 4.79 Å². The normalized spacial score (nSPS) is 17.1. The second kappa shape index (κ2) is 4.57. The number of aromatic nitrogens is 2. The van der Waals surface area contributed by atoms with Gasteiger partial charge in [-0.1, -0.05) is 29.3 Å². The number of carbonyl (C=O) groups excluding carboxylic acids is 1. The van der Waals surface area contributed by atoms with Crippen LogP contribution in [-0.2, 0) is 6.42 Å². The average Bonchev–Trinajstić information content (AvgIpc) is 3.05. The van der Waals surface area contributed by atoms with E-state index in [1.165, 1.54) is 5.57 Å². The maximum atomic E-state index is 12.6. The standard InChI is InChI=1S/C17H15ClN2O/c1-10-16(11-5-7-13(18)8-6-11)15-9-12-3-2-4-14(12)17(21)20(15)19-10/h5-8H,2-4,9H2,1H3. The van der Waals surface area contributed by atoms with Gasteiger partial charge in [0.05, 0.1) is 11.4 Å². The van der Waals surface area contributed by atoms with Gasteiger partial charge < -0.3 is 0 Å². The average molecular weight is 299 g/mol. The van der Waals surface area contributed by atoms with E-state index < -0.39 is 0 Å². The monoisotopic (exact) mass is 298 g/mol. The van der Waals surface area contributed by atoms with E-state index >= 15 is 0 Å². The van der Waals surface area contributed by atoms with Gasteiger partial charge in [-0.2, -0.15) is 9.78 Å². The van der Waals surface area contributed by atoms with Crippen LogP contribution in [0.2, 0.25) is 5.02 Å². The number of hydrogen-bond acceptors (Lipinski definition) is 2. The van der Waals surface area contributed by atoms with Crippen LogP contribution >= 0.6 is 11.6 Å². The second-order valence-corrected chi connectivity index (χ2v) is 6.18. The zero-order valence-corrected chi connectivity index (χ0v) is 12.6. The molecule has 1 aromatic heterocycles. The lowest BCUT2D eigenvalue weighted by atomic mass is 9.95. The van der Waals surface area contributed by atoms with E-state index in [1.807, 2.05) is 31.2 Å². The van der Waals surface area contributed by atoms with Crippen LogP contribution in [-0.4, -0.2) is 15.7 Å². The van der Waals surface area contributed by atoms with E-state index in [4.69, 9.17) is 11.6 Å². The van der Waals surface area contributed by atoms with Gasteiger partial charge in [-0.25, -0.2) is 0 Å². The van der Waals surface area contributed by atoms with Crippen molar-refractivity contribution in [2.24, 2.45) is 0 Å². The predicted molar refractivity (Wildman–Crippen MR) is 82.6 cm³/mol. The zero-order valence-electron chi connectivity index (χ0n) is 11.8. The molecule has 2 aromatic rings. The molecule has 1 aliphatic heterocycles. The van der Waals surface area contributed by atoms with Crippen molar-refractivity contribution in [3.05, 3.63) is 51.8 Å². The van der Waals surface area contributed by atoms with E-state index in [1.54, 1.807) is 4.68 Å². The molecule has 0 N–H and O–H groups in total. The number of fused-ring (bicyclic) bond motifs is 1. The van der Waals surface area contributed by atoms with Crippen LogP contribution in [0.1, 0.15) is 35.4 Å². The van der Waals surface area contributed by atoms with Crippen LogP contribution < -0.4 is 0 Å². The minimum atomic E-state index is 0.0760. The Labute approximate surface area is 128 Å². The third kappa shape index (κ3) is 1.88. The smallest absolute Gasteiger partial charge is 0.267 e. The third-order valence-corrected chi connectivity index (χ3v) is 4.70. The number of aryl methyl sites for hydroxylation is 1. The van der Waals surface area contributed by atoms with Crippen LogP contribution in [0.25, 0.3) is 11.1 Å². The second-order valence-electron chi connectivity index (χ2n) is 5.74. The van der Waals surface area contributed by atoms with Gasteiger partial charge in [-0.05, 0) is 43.9 Å². The highest BCUT2D eigenvalue weighted by Gasteiger charge is 2.32. The first-order chi connectivity index (χ1) is 10.1. The summed E-state index contributed by atoms with van der Waals surface area (Å²) in [7, 11) is 0. The maximum absolute atomic E-state index is 12.6. The van der Waals surface area contributed by atoms with Crippen molar-refractivity contribution >= 4 is 17.5 Å². The summed E-state index contributed by atoms with van der Waals surface area (Å²) in [5.74, 6) is 0.0760. The molecule has 0 atom stereocenters. The van der Waals surface area contributed by atoms with Gasteiger partial charge in [0.1, 0.15) is 0 Å². The maximum Gasteiger partial charge on any atom is 0.274 e. The van der Waals surface area contributed by atoms with Crippen LogP contribution in [0, 0.1) is 6.92 Å². The Balaban J connectivity index is 1.88. The quantitative estimate of drug-likeness (QED) is 0.791. The minimum absolute atomic E-state index is 0.0760. The number of benzene rings is 1. The molecule has 0 amide bonds. The van der Waals surface area contributed by atoms with Gasteiger partial charge in [-0.15, -0.1) is 0 Å². The van der Waals surface area contributed by atoms with E-state index in [9.17, 15) is 4.79 Å². The van der Waals surface area contributed by atoms with Gasteiger partial charge >= 0.3 is 0 Å². The van der Waals surface area contributed by atoms with Crippen molar-refractivity contribution in [2.45, 2.75) is 32.6 Å². The van der Waals surface area contributed by atoms with Crippen molar-refractivity contribution in [1.82, 2.24) is 9.78 Å². The molecular weight excluding hydrogens is 284 g/mol. The summed E-state index contributed by atoms with van der Waals surface area (Å²) >= 11 is 5.97. The Morgan fingerprint density at radius 2 is 1.95 bits per heavy atom. The Morgan fingerprint density at radius 1 is 1.19 bits per heavy atom. The molecule has 0 saturated heterocycles. The van der Waals surface area contributed by atoms with E-state index in [0.717, 1.165) is 53.8 Å². The molecule has 0 unspecified atom stereocenters. The van der Waals surface area contributed by atoms with Crippen LogP contribution in [0.3, 0.4) is 0 Å². The van der Waals surface area contributed by atoms with Gasteiger partial charge in [0.2, 0.25) is 0 Å². The number of rotatable bonds is 1. The molecule has 4 heteroatoms. The van der Waals surface area contributed by atoms with Crippen molar-refractivity contribution < 1.29 is 4.79 Å². The summed E-state index contributed by atoms with van der Waals surface area (Å²) in [5.41, 5.74) is 6.39. The summed E-state index contributed by atoms with van der Waals surface area (Å²) in [5, 5.41) is 5.21. The highest BCUT2D eigenvalue weighted by atomic mass is 35.5. The summed E-state index contributed by atoms with van der Waals surface area (Å²) < 4.78 is 1.61. The van der Waals surface area contributed by atoms with Crippen molar-refractivity contribution in [3.8, 4) is 11.1 Å². The molecule has 1 aliphatic carbocycles. The molecule has 2 aliphatic rings. The highest BCUT2D eigenvalue weighted by molar-refractivity contribution is 6.30. The molecule has 3 nitrogen and oxygen atoms in total. The van der Waals surface area contributed by atoms with Gasteiger partial charge in [0.25, 0.3) is 5.91 Å². The largest absolute Gasteiger partial charge is 0.274 e. The SMILES string of the molecule is Cc1nn2c(c1-c1ccc(Cl)cc1)CC1=C(CCC1)C2=O. The Kier molecular flexibility index (Phi) is 2.79. The fraction of sp³-hybridized carbons (Fsp3) is 0.294. The van der Waals surface area contributed by atoms with Crippen LogP contribution in [0.15, 0.2) is 35.4 Å². The first-order valence-electron chi connectivity index (χ1n) is 7.25. The molecule has 0 bridgehead atoms. The first-order valence-corrected chi connectivity index (χ1v) is 7.63. The molecule has 4 rings (SSSR count). The van der Waals surface area contributed by atoms with Gasteiger partial charge in [0, 0.05) is 22.6 Å². The van der Waals surface area contributed by atoms with E-state index in [-0.39, 0.29) is 5.91 Å². The fourth-order valence-corrected chi connectivity index (χ4v) is 3.61. The molecule has 106 valence electrons. The fourth-order valence-electron chi connectivity index (χ4n) is 3.49. The molecule has 0 radical (unpaired) electrons. The summed E-state index contributed by atoms with van der Waals surface area (Å²) in [6.07, 6.45) is 3.89. The summed E-state index contributed by atoms with van der Waals surface area (Å²) in [6.45, 7) is 1.97. The molecule has 2 heterocycles. The number of allylic oxidation sites excluding steroid dienone is 2. The Hall–Kier alpha value is -1.87. The number of nitrogens with zero attached hydrogens (tertiary/aromatic N) is 2. The molecule has 0 fully saturated rings. The molecule has 0 saturated carbocycles. The number of carbonyl (C=O) groups is 1. The molecule has 1 aromatic carbocycles. The first kappa shape index (κ1) is 12.8. The minimum Gasteiger partial charge on any atom is -0.267 e. The Bertz CT molecular complexity index is 784. The lowest BCUT2D eigenvalue weighted by molar-refractivity contribution is 0.0929. The predicted octanol–water partition coefficient (Wildman–Crippen LogP) is 4.19. The zero-order chi connectivity index (χ0) is 14.6. The lowest BCUT2D eigenvalue weighted by Crippen LogP contribution is -2.22. The Morgan fingerprint density at radius 3 is 2.71 bits per heavy atom. The van der Waals surface area contributed by atoms with Crippen LogP contribution in [0.4, 0.5) is 0 Å². The number of hydrogen-bond donors (Lipinski definition) is 0. The van der Waals surface area contributed by atoms with Crippen molar-refractivity contribution in [1.29, 1.82) is 0 Å². The van der Waals surface area contributed by atoms with E-state index in [2.05, 4.69) is 5.10 Å². The molecule has 21 heavy (non-hydrogen) atoms. The van der Waals surface area contributed by atoms with Crippen molar-refractivity contribution in [3.63, 3.8) is 0 Å². The van der Waals surface area contributed by atoms with Crippen LogP contribution in [0.5, 0.6) is 0 Å². The molecule has 0 spiro atoms. The van der Waals surface area contributed by atoms with Gasteiger partial charge in [0.15, 0.2) is 0 Å². The molecular formula is C17H15ClN2O. The summed E-state index contributed by atoms with van der Waals surface area (Å²) in [6, 6.07) is 7.75. The topological polar surface area (TPSA) is 34.9 Å². The highest BCUT2D eigenvalue weighted by Crippen LogP contribution is 2.38. The number of halogens is 1. The van der Waals surface area contributed by atoms with E-state index in [0.29, 0.717) is 5.02 Å². The van der Waals surface area contributed by atoms with Crippen molar-refractivity contribution in [2.75, 3.05) is 0 Å². The summed E-state index contributed by atoms with van der Waals surface area (Å²) in [4.78, 5) is 12.6. The third-order valence-electron chi connectivity index (χ3n) is 4.45. The lowest BCUT2D eigenvalue weighted by Gasteiger charge is -2.16.